The predicted molar refractivity (Wildman–Crippen MR) is 75.1 cm³/mol. The average Bonchev–Trinajstić information content (AvgIpc) is 2.76. The van der Waals surface area contributed by atoms with E-state index >= 15 is 0 Å². The van der Waals surface area contributed by atoms with E-state index in [-0.39, 0.29) is 17.8 Å². The summed E-state index contributed by atoms with van der Waals surface area (Å²) in [5.41, 5.74) is 1.39. The summed E-state index contributed by atoms with van der Waals surface area (Å²) in [6.45, 7) is 7.87. The second-order valence-corrected chi connectivity index (χ2v) is 5.04. The minimum absolute atomic E-state index is 0.123. The Bertz CT molecular complexity index is 634. The van der Waals surface area contributed by atoms with Crippen molar-refractivity contribution in [2.75, 3.05) is 6.61 Å². The van der Waals surface area contributed by atoms with Crippen molar-refractivity contribution in [3.63, 3.8) is 0 Å². The van der Waals surface area contributed by atoms with Gasteiger partial charge in [-0.2, -0.15) is 0 Å². The SMILES string of the molecule is CCOC(=O)C(C)c1nc2cc(F)ccc2n1C(C)C. The summed E-state index contributed by atoms with van der Waals surface area (Å²) < 4.78 is 20.3. The van der Waals surface area contributed by atoms with E-state index in [1.54, 1.807) is 19.9 Å². The fraction of sp³-hybridized carbons (Fsp3) is 0.467. The molecule has 1 aromatic carbocycles. The third-order valence-electron chi connectivity index (χ3n) is 3.22. The lowest BCUT2D eigenvalue weighted by Gasteiger charge is -2.16. The van der Waals surface area contributed by atoms with E-state index in [0.717, 1.165) is 5.52 Å². The number of rotatable bonds is 4. The standard InChI is InChI=1S/C15H19FN2O2/c1-5-20-15(19)10(4)14-17-12-8-11(16)6-7-13(12)18(14)9(2)3/h6-10H,5H2,1-4H3. The summed E-state index contributed by atoms with van der Waals surface area (Å²) in [5.74, 6) is -0.515. The van der Waals surface area contributed by atoms with Crippen LogP contribution in [0.5, 0.6) is 0 Å². The molecular weight excluding hydrogens is 259 g/mol. The number of aromatic nitrogens is 2. The molecule has 0 N–H and O–H groups in total. The lowest BCUT2D eigenvalue weighted by molar-refractivity contribution is -0.144. The summed E-state index contributed by atoms with van der Waals surface area (Å²) in [4.78, 5) is 16.3. The second-order valence-electron chi connectivity index (χ2n) is 5.04. The van der Waals surface area contributed by atoms with Crippen molar-refractivity contribution in [1.29, 1.82) is 0 Å². The van der Waals surface area contributed by atoms with Crippen molar-refractivity contribution in [3.8, 4) is 0 Å². The monoisotopic (exact) mass is 278 g/mol. The maximum absolute atomic E-state index is 13.3. The van der Waals surface area contributed by atoms with Crippen molar-refractivity contribution in [3.05, 3.63) is 29.8 Å². The lowest BCUT2D eigenvalue weighted by atomic mass is 10.1. The van der Waals surface area contributed by atoms with Gasteiger partial charge in [-0.15, -0.1) is 0 Å². The molecule has 1 unspecified atom stereocenters. The molecule has 20 heavy (non-hydrogen) atoms. The van der Waals surface area contributed by atoms with Crippen molar-refractivity contribution in [2.24, 2.45) is 0 Å². The lowest BCUT2D eigenvalue weighted by Crippen LogP contribution is -2.18. The third kappa shape index (κ3) is 2.53. The van der Waals surface area contributed by atoms with E-state index in [9.17, 15) is 9.18 Å². The van der Waals surface area contributed by atoms with E-state index < -0.39 is 5.92 Å². The highest BCUT2D eigenvalue weighted by Gasteiger charge is 2.25. The third-order valence-corrected chi connectivity index (χ3v) is 3.22. The van der Waals surface area contributed by atoms with Crippen molar-refractivity contribution >= 4 is 17.0 Å². The molecule has 5 heteroatoms. The number of nitrogens with zero attached hydrogens (tertiary/aromatic N) is 2. The molecule has 2 aromatic rings. The molecule has 0 fully saturated rings. The van der Waals surface area contributed by atoms with E-state index in [1.165, 1.54) is 12.1 Å². The quantitative estimate of drug-likeness (QED) is 0.805. The first-order chi connectivity index (χ1) is 9.45. The van der Waals surface area contributed by atoms with Gasteiger partial charge >= 0.3 is 5.97 Å². The molecule has 0 saturated carbocycles. The number of hydrogen-bond donors (Lipinski definition) is 0. The Morgan fingerprint density at radius 3 is 2.70 bits per heavy atom. The Labute approximate surface area is 117 Å². The number of hydrogen-bond acceptors (Lipinski definition) is 3. The highest BCUT2D eigenvalue weighted by molar-refractivity contribution is 5.81. The maximum atomic E-state index is 13.3. The van der Waals surface area contributed by atoms with E-state index in [4.69, 9.17) is 4.74 Å². The molecule has 4 nitrogen and oxygen atoms in total. The Kier molecular flexibility index (Phi) is 4.06. The van der Waals surface area contributed by atoms with Crippen LogP contribution in [-0.4, -0.2) is 22.1 Å². The molecule has 0 aliphatic rings. The van der Waals surface area contributed by atoms with Crippen LogP contribution in [0.25, 0.3) is 11.0 Å². The average molecular weight is 278 g/mol. The van der Waals surface area contributed by atoms with Gasteiger partial charge in [-0.3, -0.25) is 4.79 Å². The van der Waals surface area contributed by atoms with Crippen LogP contribution in [0.3, 0.4) is 0 Å². The molecule has 1 aromatic heterocycles. The zero-order valence-corrected chi connectivity index (χ0v) is 12.2. The summed E-state index contributed by atoms with van der Waals surface area (Å²) in [6, 6.07) is 4.61. The molecule has 0 amide bonds. The summed E-state index contributed by atoms with van der Waals surface area (Å²) >= 11 is 0. The number of esters is 1. The maximum Gasteiger partial charge on any atom is 0.316 e. The van der Waals surface area contributed by atoms with Gasteiger partial charge in [0.15, 0.2) is 0 Å². The molecule has 0 spiro atoms. The smallest absolute Gasteiger partial charge is 0.316 e. The molecule has 1 heterocycles. The van der Waals surface area contributed by atoms with Crippen LogP contribution in [0, 0.1) is 5.82 Å². The highest BCUT2D eigenvalue weighted by Crippen LogP contribution is 2.27. The summed E-state index contributed by atoms with van der Waals surface area (Å²) in [7, 11) is 0. The van der Waals surface area contributed by atoms with Crippen LogP contribution in [0.15, 0.2) is 18.2 Å². The Morgan fingerprint density at radius 1 is 1.40 bits per heavy atom. The number of imidazole rings is 1. The number of carbonyl (C=O) groups excluding carboxylic acids is 1. The minimum Gasteiger partial charge on any atom is -0.465 e. The fourth-order valence-electron chi connectivity index (χ4n) is 2.31. The molecule has 0 radical (unpaired) electrons. The summed E-state index contributed by atoms with van der Waals surface area (Å²) in [5, 5.41) is 0. The van der Waals surface area contributed by atoms with E-state index in [2.05, 4.69) is 4.98 Å². The number of ether oxygens (including phenoxy) is 1. The van der Waals surface area contributed by atoms with Gasteiger partial charge < -0.3 is 9.30 Å². The van der Waals surface area contributed by atoms with Crippen LogP contribution in [0.2, 0.25) is 0 Å². The Hall–Kier alpha value is -1.91. The van der Waals surface area contributed by atoms with Gasteiger partial charge in [-0.1, -0.05) is 0 Å². The molecule has 0 aliphatic heterocycles. The normalized spacial score (nSPS) is 12.9. The van der Waals surface area contributed by atoms with Crippen LogP contribution >= 0.6 is 0 Å². The van der Waals surface area contributed by atoms with Gasteiger partial charge in [0.05, 0.1) is 17.6 Å². The van der Waals surface area contributed by atoms with Crippen molar-refractivity contribution in [2.45, 2.75) is 39.7 Å². The first-order valence-electron chi connectivity index (χ1n) is 6.79. The zero-order chi connectivity index (χ0) is 14.9. The molecule has 1 atom stereocenters. The highest BCUT2D eigenvalue weighted by atomic mass is 19.1. The topological polar surface area (TPSA) is 44.1 Å². The van der Waals surface area contributed by atoms with Gasteiger partial charge in [0.1, 0.15) is 17.6 Å². The van der Waals surface area contributed by atoms with Crippen LogP contribution in [0.4, 0.5) is 4.39 Å². The Morgan fingerprint density at radius 2 is 2.10 bits per heavy atom. The van der Waals surface area contributed by atoms with Crippen molar-refractivity contribution < 1.29 is 13.9 Å². The van der Waals surface area contributed by atoms with Crippen molar-refractivity contribution in [1.82, 2.24) is 9.55 Å². The molecular formula is C15H19FN2O2. The molecule has 2 rings (SSSR count). The molecule has 0 saturated heterocycles. The number of halogens is 1. The largest absolute Gasteiger partial charge is 0.465 e. The van der Waals surface area contributed by atoms with Gasteiger partial charge in [-0.05, 0) is 39.8 Å². The van der Waals surface area contributed by atoms with Gasteiger partial charge in [-0.25, -0.2) is 9.37 Å². The molecule has 108 valence electrons. The molecule has 0 bridgehead atoms. The minimum atomic E-state index is -0.479. The van der Waals surface area contributed by atoms with E-state index in [0.29, 0.717) is 17.9 Å². The van der Waals surface area contributed by atoms with E-state index in [1.807, 2.05) is 18.4 Å². The Balaban J connectivity index is 2.57. The summed E-state index contributed by atoms with van der Waals surface area (Å²) in [6.07, 6.45) is 0. The number of benzene rings is 1. The second kappa shape index (κ2) is 5.61. The first-order valence-corrected chi connectivity index (χ1v) is 6.79. The molecule has 0 aliphatic carbocycles. The van der Waals surface area contributed by atoms with Gasteiger partial charge in [0.25, 0.3) is 0 Å². The zero-order valence-electron chi connectivity index (χ0n) is 12.2. The first kappa shape index (κ1) is 14.5. The van der Waals surface area contributed by atoms with Gasteiger partial charge in [0, 0.05) is 12.1 Å². The fourth-order valence-corrected chi connectivity index (χ4v) is 2.31. The predicted octanol–water partition coefficient (Wildman–Crippen LogP) is 3.42. The van der Waals surface area contributed by atoms with Crippen LogP contribution in [-0.2, 0) is 9.53 Å². The van der Waals surface area contributed by atoms with Crippen LogP contribution < -0.4 is 0 Å². The van der Waals surface area contributed by atoms with Crippen LogP contribution in [0.1, 0.15) is 45.5 Å². The number of fused-ring (bicyclic) bond motifs is 1. The van der Waals surface area contributed by atoms with Gasteiger partial charge in [0.2, 0.25) is 0 Å². The number of carbonyl (C=O) groups is 1.